The van der Waals surface area contributed by atoms with Gasteiger partial charge in [-0.05, 0) is 36.8 Å². The third-order valence-electron chi connectivity index (χ3n) is 4.87. The minimum absolute atomic E-state index is 0.00980. The van der Waals surface area contributed by atoms with Gasteiger partial charge in [0.2, 0.25) is 0 Å². The van der Waals surface area contributed by atoms with E-state index in [2.05, 4.69) is 18.0 Å². The molecule has 0 saturated carbocycles. The first-order chi connectivity index (χ1) is 12.1. The minimum Gasteiger partial charge on any atom is -0.383 e. The second-order valence-electron chi connectivity index (χ2n) is 6.46. The summed E-state index contributed by atoms with van der Waals surface area (Å²) in [7, 11) is 0. The van der Waals surface area contributed by atoms with Gasteiger partial charge in [0.05, 0.1) is 10.5 Å². The van der Waals surface area contributed by atoms with Crippen LogP contribution in [0.3, 0.4) is 0 Å². The molecule has 1 aliphatic carbocycles. The van der Waals surface area contributed by atoms with E-state index in [0.29, 0.717) is 17.0 Å². The number of hydrogen-bond donors (Lipinski definition) is 1. The first kappa shape index (κ1) is 16.9. The molecule has 1 aromatic heterocycles. The van der Waals surface area contributed by atoms with Gasteiger partial charge in [-0.2, -0.15) is 5.26 Å². The van der Waals surface area contributed by atoms with E-state index in [-0.39, 0.29) is 17.1 Å². The van der Waals surface area contributed by atoms with Crippen molar-refractivity contribution in [1.29, 1.82) is 5.26 Å². The number of aromatic nitrogens is 1. The molecule has 2 N–H and O–H groups in total. The molecule has 128 valence electrons. The van der Waals surface area contributed by atoms with Gasteiger partial charge in [0.25, 0.3) is 5.69 Å². The number of nitro benzene ring substituents is 1. The van der Waals surface area contributed by atoms with Gasteiger partial charge in [-0.1, -0.05) is 31.9 Å². The number of nitriles is 1. The number of anilines is 1. The molecule has 0 spiro atoms. The fraction of sp³-hybridized carbons (Fsp3) is 0.368. The third-order valence-corrected chi connectivity index (χ3v) is 4.87. The van der Waals surface area contributed by atoms with Gasteiger partial charge in [0.15, 0.2) is 0 Å². The second-order valence-corrected chi connectivity index (χ2v) is 6.46. The summed E-state index contributed by atoms with van der Waals surface area (Å²) in [5.41, 5.74) is 9.11. The van der Waals surface area contributed by atoms with E-state index in [0.717, 1.165) is 43.4 Å². The summed E-state index contributed by atoms with van der Waals surface area (Å²) < 4.78 is 0. The highest BCUT2D eigenvalue weighted by Crippen LogP contribution is 2.41. The fourth-order valence-electron chi connectivity index (χ4n) is 3.76. The van der Waals surface area contributed by atoms with Gasteiger partial charge in [-0.25, -0.2) is 4.98 Å². The Bertz CT molecular complexity index is 870. The molecule has 1 aliphatic rings. The van der Waals surface area contributed by atoms with Crippen LogP contribution in [0.5, 0.6) is 0 Å². The van der Waals surface area contributed by atoms with E-state index in [1.165, 1.54) is 6.07 Å². The van der Waals surface area contributed by atoms with Crippen LogP contribution in [-0.2, 0) is 12.8 Å². The Morgan fingerprint density at radius 1 is 1.44 bits per heavy atom. The predicted molar refractivity (Wildman–Crippen MR) is 95.9 cm³/mol. The zero-order valence-electron chi connectivity index (χ0n) is 14.2. The summed E-state index contributed by atoms with van der Waals surface area (Å²) in [5, 5.41) is 21.1. The van der Waals surface area contributed by atoms with Crippen LogP contribution >= 0.6 is 0 Å². The zero-order chi connectivity index (χ0) is 18.0. The van der Waals surface area contributed by atoms with Crippen LogP contribution in [0.4, 0.5) is 11.5 Å². The lowest BCUT2D eigenvalue weighted by molar-refractivity contribution is -0.384. The van der Waals surface area contributed by atoms with E-state index in [4.69, 9.17) is 5.73 Å². The number of nitrogens with zero attached hydrogens (tertiary/aromatic N) is 3. The van der Waals surface area contributed by atoms with E-state index in [1.54, 1.807) is 18.2 Å². The van der Waals surface area contributed by atoms with Crippen molar-refractivity contribution in [2.75, 3.05) is 5.73 Å². The van der Waals surface area contributed by atoms with Crippen LogP contribution in [-0.4, -0.2) is 9.91 Å². The van der Waals surface area contributed by atoms with Gasteiger partial charge in [0, 0.05) is 17.3 Å². The van der Waals surface area contributed by atoms with Crippen molar-refractivity contribution in [1.82, 2.24) is 4.98 Å². The maximum atomic E-state index is 11.5. The molecule has 0 fully saturated rings. The first-order valence-corrected chi connectivity index (χ1v) is 8.51. The maximum Gasteiger partial charge on any atom is 0.277 e. The number of rotatable bonds is 4. The molecule has 1 unspecified atom stereocenters. The molecule has 6 heteroatoms. The molecule has 0 saturated heterocycles. The lowest BCUT2D eigenvalue weighted by Gasteiger charge is -2.27. The average molecular weight is 336 g/mol. The lowest BCUT2D eigenvalue weighted by Crippen LogP contribution is -2.18. The maximum absolute atomic E-state index is 11.5. The Balaban J connectivity index is 2.28. The highest BCUT2D eigenvalue weighted by Gasteiger charge is 2.29. The molecule has 25 heavy (non-hydrogen) atoms. The quantitative estimate of drug-likeness (QED) is 0.670. The predicted octanol–water partition coefficient (Wildman–Crippen LogP) is 4.02. The molecule has 0 amide bonds. The third kappa shape index (κ3) is 3.05. The van der Waals surface area contributed by atoms with Crippen molar-refractivity contribution >= 4 is 11.5 Å². The van der Waals surface area contributed by atoms with Gasteiger partial charge >= 0.3 is 0 Å². The smallest absolute Gasteiger partial charge is 0.277 e. The SMILES string of the molecule is CCCC1CCc2nc(N)c(C#N)c(-c3ccccc3[N+](=O)[O-])c2C1. The van der Waals surface area contributed by atoms with Crippen LogP contribution < -0.4 is 5.73 Å². The highest BCUT2D eigenvalue weighted by molar-refractivity contribution is 5.84. The van der Waals surface area contributed by atoms with Crippen molar-refractivity contribution in [2.45, 2.75) is 39.0 Å². The zero-order valence-corrected chi connectivity index (χ0v) is 14.2. The number of aryl methyl sites for hydroxylation is 1. The standard InChI is InChI=1S/C19H20N4O2/c1-2-5-12-8-9-16-14(10-12)18(15(11-20)19(21)22-16)13-6-3-4-7-17(13)23(24)25/h3-4,6-7,12H,2,5,8-10H2,1H3,(H2,21,22). The first-order valence-electron chi connectivity index (χ1n) is 8.51. The van der Waals surface area contributed by atoms with E-state index < -0.39 is 4.92 Å². The summed E-state index contributed by atoms with van der Waals surface area (Å²) in [6, 6.07) is 8.65. The summed E-state index contributed by atoms with van der Waals surface area (Å²) in [5.74, 6) is 0.666. The molecular formula is C19H20N4O2. The number of pyridine rings is 1. The molecule has 0 radical (unpaired) electrons. The number of para-hydroxylation sites is 1. The number of nitrogens with two attached hydrogens (primary N) is 1. The molecule has 3 rings (SSSR count). The molecule has 0 aliphatic heterocycles. The van der Waals surface area contributed by atoms with Gasteiger partial charge in [-0.15, -0.1) is 0 Å². The molecule has 1 atom stereocenters. The summed E-state index contributed by atoms with van der Waals surface area (Å²) >= 11 is 0. The van der Waals surface area contributed by atoms with E-state index in [9.17, 15) is 15.4 Å². The number of nitro groups is 1. The average Bonchev–Trinajstić information content (AvgIpc) is 2.61. The number of benzene rings is 1. The van der Waals surface area contributed by atoms with Crippen molar-refractivity contribution in [3.63, 3.8) is 0 Å². The largest absolute Gasteiger partial charge is 0.383 e. The molecule has 2 aromatic rings. The Morgan fingerprint density at radius 3 is 2.88 bits per heavy atom. The lowest BCUT2D eigenvalue weighted by atomic mass is 9.79. The van der Waals surface area contributed by atoms with Crippen LogP contribution in [0.25, 0.3) is 11.1 Å². The van der Waals surface area contributed by atoms with E-state index in [1.807, 2.05) is 0 Å². The van der Waals surface area contributed by atoms with Gasteiger partial charge in [-0.3, -0.25) is 10.1 Å². The van der Waals surface area contributed by atoms with Crippen molar-refractivity contribution in [3.05, 3.63) is 51.2 Å². The van der Waals surface area contributed by atoms with Crippen LogP contribution in [0.15, 0.2) is 24.3 Å². The van der Waals surface area contributed by atoms with Gasteiger partial charge < -0.3 is 5.73 Å². The van der Waals surface area contributed by atoms with Crippen LogP contribution in [0.2, 0.25) is 0 Å². The fourth-order valence-corrected chi connectivity index (χ4v) is 3.76. The summed E-state index contributed by atoms with van der Waals surface area (Å²) in [6.07, 6.45) is 4.81. The summed E-state index contributed by atoms with van der Waals surface area (Å²) in [6.45, 7) is 2.15. The van der Waals surface area contributed by atoms with Crippen molar-refractivity contribution < 1.29 is 4.92 Å². The Kier molecular flexibility index (Phi) is 4.66. The topological polar surface area (TPSA) is 106 Å². The second kappa shape index (κ2) is 6.89. The minimum atomic E-state index is -0.411. The molecular weight excluding hydrogens is 316 g/mol. The highest BCUT2D eigenvalue weighted by atomic mass is 16.6. The van der Waals surface area contributed by atoms with Crippen molar-refractivity contribution in [3.8, 4) is 17.2 Å². The molecule has 6 nitrogen and oxygen atoms in total. The Morgan fingerprint density at radius 2 is 2.20 bits per heavy atom. The summed E-state index contributed by atoms with van der Waals surface area (Å²) in [4.78, 5) is 15.5. The molecule has 0 bridgehead atoms. The van der Waals surface area contributed by atoms with Crippen molar-refractivity contribution in [2.24, 2.45) is 5.92 Å². The number of hydrogen-bond acceptors (Lipinski definition) is 5. The number of nitrogen functional groups attached to an aromatic ring is 1. The normalized spacial score (nSPS) is 16.1. The number of fused-ring (bicyclic) bond motifs is 1. The molecule has 1 heterocycles. The van der Waals surface area contributed by atoms with Crippen LogP contribution in [0, 0.1) is 27.4 Å². The van der Waals surface area contributed by atoms with Crippen LogP contribution in [0.1, 0.15) is 43.0 Å². The van der Waals surface area contributed by atoms with E-state index >= 15 is 0 Å². The Labute approximate surface area is 146 Å². The molecule has 1 aromatic carbocycles. The Hall–Kier alpha value is -2.94. The monoisotopic (exact) mass is 336 g/mol. The van der Waals surface area contributed by atoms with Gasteiger partial charge in [0.1, 0.15) is 17.5 Å².